The Bertz CT molecular complexity index is 843. The van der Waals surface area contributed by atoms with Gasteiger partial charge in [-0.2, -0.15) is 0 Å². The lowest BCUT2D eigenvalue weighted by molar-refractivity contribution is 0.626. The quantitative estimate of drug-likeness (QED) is 0.667. The van der Waals surface area contributed by atoms with Crippen LogP contribution in [0.15, 0.2) is 41.2 Å². The number of hydrogen-bond acceptors (Lipinski definition) is 1. The summed E-state index contributed by atoms with van der Waals surface area (Å²) >= 11 is 9.51. The summed E-state index contributed by atoms with van der Waals surface area (Å²) in [6.07, 6.45) is 0. The van der Waals surface area contributed by atoms with Gasteiger partial charge in [0.2, 0.25) is 0 Å². The zero-order chi connectivity index (χ0) is 14.3. The van der Waals surface area contributed by atoms with E-state index in [1.54, 1.807) is 18.2 Å². The number of hydrogen-bond donors (Lipinski definition) is 2. The Morgan fingerprint density at radius 1 is 1.15 bits per heavy atom. The molecule has 3 aromatic rings. The molecule has 20 heavy (non-hydrogen) atoms. The van der Waals surface area contributed by atoms with Crippen molar-refractivity contribution in [3.8, 4) is 0 Å². The van der Waals surface area contributed by atoms with Crippen LogP contribution in [0.1, 0.15) is 16.0 Å². The average Bonchev–Trinajstić information content (AvgIpc) is 2.80. The van der Waals surface area contributed by atoms with Gasteiger partial charge in [0.05, 0.1) is 20.9 Å². The standard InChI is InChI=1S/C14H9BrClFN2O/c15-12(8-2-1-3-9(17)13(8)16)7-4-5-10-11(6-7)19-14(20)18-10/h1-6,12H,(H2,18,19,20). The van der Waals surface area contributed by atoms with Crippen LogP contribution in [0.25, 0.3) is 11.0 Å². The normalized spacial score (nSPS) is 12.8. The van der Waals surface area contributed by atoms with E-state index >= 15 is 0 Å². The van der Waals surface area contributed by atoms with Crippen LogP contribution in [0, 0.1) is 5.82 Å². The fourth-order valence-corrected chi connectivity index (χ4v) is 3.14. The van der Waals surface area contributed by atoms with E-state index in [1.807, 2.05) is 12.1 Å². The zero-order valence-electron chi connectivity index (χ0n) is 10.1. The molecule has 1 atom stereocenters. The minimum atomic E-state index is -0.454. The Morgan fingerprint density at radius 2 is 1.90 bits per heavy atom. The first kappa shape index (κ1) is 13.4. The molecule has 0 spiro atoms. The molecule has 2 N–H and O–H groups in total. The molecule has 0 radical (unpaired) electrons. The van der Waals surface area contributed by atoms with Gasteiger partial charge in [-0.1, -0.05) is 45.7 Å². The summed E-state index contributed by atoms with van der Waals surface area (Å²) in [4.78, 5) is 16.4. The average molecular weight is 356 g/mol. The van der Waals surface area contributed by atoms with E-state index in [1.165, 1.54) is 6.07 Å². The first-order valence-corrected chi connectivity index (χ1v) is 7.15. The topological polar surface area (TPSA) is 48.6 Å². The predicted octanol–water partition coefficient (Wildman–Crippen LogP) is 4.13. The Hall–Kier alpha value is -1.59. The number of aromatic nitrogens is 2. The molecule has 6 heteroatoms. The zero-order valence-corrected chi connectivity index (χ0v) is 12.4. The van der Waals surface area contributed by atoms with E-state index in [9.17, 15) is 9.18 Å². The lowest BCUT2D eigenvalue weighted by atomic mass is 10.0. The van der Waals surface area contributed by atoms with Crippen molar-refractivity contribution in [2.75, 3.05) is 0 Å². The Kier molecular flexibility index (Phi) is 3.40. The van der Waals surface area contributed by atoms with Gasteiger partial charge in [-0.15, -0.1) is 0 Å². The summed E-state index contributed by atoms with van der Waals surface area (Å²) in [6, 6.07) is 10.2. The van der Waals surface area contributed by atoms with E-state index in [0.717, 1.165) is 11.1 Å². The molecule has 2 aromatic carbocycles. The summed E-state index contributed by atoms with van der Waals surface area (Å²) in [5.41, 5.74) is 2.68. The molecule has 1 aromatic heterocycles. The summed E-state index contributed by atoms with van der Waals surface area (Å²) < 4.78 is 13.5. The van der Waals surface area contributed by atoms with Gasteiger partial charge in [-0.25, -0.2) is 9.18 Å². The number of nitrogens with one attached hydrogen (secondary N) is 2. The number of halogens is 3. The van der Waals surface area contributed by atoms with Crippen LogP contribution in [0.2, 0.25) is 5.02 Å². The van der Waals surface area contributed by atoms with Crippen molar-refractivity contribution in [2.24, 2.45) is 0 Å². The van der Waals surface area contributed by atoms with Gasteiger partial charge in [0, 0.05) is 0 Å². The molecule has 1 heterocycles. The second-order valence-corrected chi connectivity index (χ2v) is 5.68. The minimum absolute atomic E-state index is 0.0945. The lowest BCUT2D eigenvalue weighted by Crippen LogP contribution is -1.99. The summed E-state index contributed by atoms with van der Waals surface area (Å²) in [5, 5.41) is 0.0945. The summed E-state index contributed by atoms with van der Waals surface area (Å²) in [6.45, 7) is 0. The van der Waals surface area contributed by atoms with Gasteiger partial charge < -0.3 is 9.97 Å². The first-order valence-electron chi connectivity index (χ1n) is 5.86. The molecule has 0 aliphatic heterocycles. The van der Waals surface area contributed by atoms with E-state index < -0.39 is 5.82 Å². The van der Waals surface area contributed by atoms with E-state index in [4.69, 9.17) is 11.6 Å². The number of benzene rings is 2. The maximum Gasteiger partial charge on any atom is 0.323 e. The van der Waals surface area contributed by atoms with E-state index in [2.05, 4.69) is 25.9 Å². The van der Waals surface area contributed by atoms with Crippen LogP contribution < -0.4 is 5.69 Å². The van der Waals surface area contributed by atoms with Crippen molar-refractivity contribution >= 4 is 38.6 Å². The third kappa shape index (κ3) is 2.27. The largest absolute Gasteiger partial charge is 0.323 e. The highest BCUT2D eigenvalue weighted by molar-refractivity contribution is 9.09. The second-order valence-electron chi connectivity index (χ2n) is 4.39. The molecule has 3 nitrogen and oxygen atoms in total. The molecule has 102 valence electrons. The maximum absolute atomic E-state index is 13.5. The maximum atomic E-state index is 13.5. The van der Waals surface area contributed by atoms with Crippen LogP contribution in [0.5, 0.6) is 0 Å². The van der Waals surface area contributed by atoms with Crippen molar-refractivity contribution in [1.29, 1.82) is 0 Å². The molecule has 0 aliphatic carbocycles. The fourth-order valence-electron chi connectivity index (χ4n) is 2.10. The third-order valence-corrected chi connectivity index (χ3v) is 4.51. The summed E-state index contributed by atoms with van der Waals surface area (Å²) in [5.74, 6) is -0.454. The van der Waals surface area contributed by atoms with Crippen LogP contribution in [-0.4, -0.2) is 9.97 Å². The first-order chi connectivity index (χ1) is 9.56. The smallest absolute Gasteiger partial charge is 0.306 e. The fraction of sp³-hybridized carbons (Fsp3) is 0.0714. The van der Waals surface area contributed by atoms with Crippen LogP contribution in [0.3, 0.4) is 0 Å². The molecule has 1 unspecified atom stereocenters. The Morgan fingerprint density at radius 3 is 2.70 bits per heavy atom. The highest BCUT2D eigenvalue weighted by atomic mass is 79.9. The number of aromatic amines is 2. The molecule has 0 saturated carbocycles. The van der Waals surface area contributed by atoms with Gasteiger partial charge in [0.1, 0.15) is 5.82 Å². The molecule has 0 aliphatic rings. The number of H-pyrrole nitrogens is 2. The molecule has 0 amide bonds. The van der Waals surface area contributed by atoms with Crippen LogP contribution in [0.4, 0.5) is 4.39 Å². The van der Waals surface area contributed by atoms with Crippen molar-refractivity contribution < 1.29 is 4.39 Å². The van der Waals surface area contributed by atoms with Gasteiger partial charge in [-0.05, 0) is 29.3 Å². The van der Waals surface area contributed by atoms with Crippen molar-refractivity contribution in [2.45, 2.75) is 4.83 Å². The SMILES string of the molecule is O=c1[nH]c2ccc(C(Br)c3cccc(F)c3Cl)cc2[nH]1. The van der Waals surface area contributed by atoms with Crippen molar-refractivity contribution in [1.82, 2.24) is 9.97 Å². The minimum Gasteiger partial charge on any atom is -0.306 e. The van der Waals surface area contributed by atoms with Gasteiger partial charge in [0.15, 0.2) is 0 Å². The monoisotopic (exact) mass is 354 g/mol. The highest BCUT2D eigenvalue weighted by Gasteiger charge is 2.16. The van der Waals surface area contributed by atoms with Crippen molar-refractivity contribution in [3.63, 3.8) is 0 Å². The highest BCUT2D eigenvalue weighted by Crippen LogP contribution is 2.36. The lowest BCUT2D eigenvalue weighted by Gasteiger charge is -2.13. The van der Waals surface area contributed by atoms with E-state index in [-0.39, 0.29) is 15.5 Å². The number of alkyl halides is 1. The van der Waals surface area contributed by atoms with Crippen molar-refractivity contribution in [3.05, 3.63) is 68.8 Å². The van der Waals surface area contributed by atoms with Crippen LogP contribution in [-0.2, 0) is 0 Å². The number of imidazole rings is 1. The molecular formula is C14H9BrClFN2O. The van der Waals surface area contributed by atoms with Gasteiger partial charge >= 0.3 is 5.69 Å². The molecular weight excluding hydrogens is 347 g/mol. The van der Waals surface area contributed by atoms with Gasteiger partial charge in [0.25, 0.3) is 0 Å². The molecule has 3 rings (SSSR count). The molecule has 0 fully saturated rings. The molecule has 0 saturated heterocycles. The number of rotatable bonds is 2. The Balaban J connectivity index is 2.09. The molecule has 0 bridgehead atoms. The Labute approximate surface area is 126 Å². The van der Waals surface area contributed by atoms with Gasteiger partial charge in [-0.3, -0.25) is 0 Å². The van der Waals surface area contributed by atoms with Crippen LogP contribution >= 0.6 is 27.5 Å². The predicted molar refractivity (Wildman–Crippen MR) is 81.1 cm³/mol. The second kappa shape index (κ2) is 5.07. The summed E-state index contributed by atoms with van der Waals surface area (Å²) in [7, 11) is 0. The number of fused-ring (bicyclic) bond motifs is 1. The third-order valence-electron chi connectivity index (χ3n) is 3.09. The van der Waals surface area contributed by atoms with E-state index in [0.29, 0.717) is 11.1 Å².